The number of halogens is 2. The van der Waals surface area contributed by atoms with Crippen molar-refractivity contribution in [3.05, 3.63) is 52.8 Å². The molecule has 0 amide bonds. The standard InChI is InChI=1S/C15H15BrFNO2/c1-19-12-3-5-13(6-4-12)20-9-8-18-15-7-2-11(17)10-14(15)16/h2-7,10,18H,8-9H2,1H3. The molecule has 0 aromatic heterocycles. The molecule has 106 valence electrons. The first-order chi connectivity index (χ1) is 9.69. The minimum atomic E-state index is -0.267. The number of hydrogen-bond donors (Lipinski definition) is 1. The molecule has 0 aliphatic rings. The molecular weight excluding hydrogens is 325 g/mol. The fourth-order valence-electron chi connectivity index (χ4n) is 1.66. The third-order valence-electron chi connectivity index (χ3n) is 2.68. The lowest BCUT2D eigenvalue weighted by molar-refractivity contribution is 0.331. The monoisotopic (exact) mass is 339 g/mol. The average molecular weight is 340 g/mol. The predicted octanol–water partition coefficient (Wildman–Crippen LogP) is 4.09. The number of hydrogen-bond acceptors (Lipinski definition) is 3. The summed E-state index contributed by atoms with van der Waals surface area (Å²) in [7, 11) is 1.63. The van der Waals surface area contributed by atoms with E-state index < -0.39 is 0 Å². The van der Waals surface area contributed by atoms with Gasteiger partial charge in [0.05, 0.1) is 7.11 Å². The Morgan fingerprint density at radius 1 is 1.10 bits per heavy atom. The molecule has 0 fully saturated rings. The first kappa shape index (κ1) is 14.7. The molecule has 2 rings (SSSR count). The molecule has 0 bridgehead atoms. The van der Waals surface area contributed by atoms with Gasteiger partial charge in [-0.05, 0) is 58.4 Å². The number of rotatable bonds is 6. The summed E-state index contributed by atoms with van der Waals surface area (Å²) in [5.41, 5.74) is 0.838. The largest absolute Gasteiger partial charge is 0.497 e. The van der Waals surface area contributed by atoms with Crippen LogP contribution in [0.2, 0.25) is 0 Å². The summed E-state index contributed by atoms with van der Waals surface area (Å²) >= 11 is 3.30. The van der Waals surface area contributed by atoms with E-state index in [9.17, 15) is 4.39 Å². The third-order valence-corrected chi connectivity index (χ3v) is 3.33. The molecule has 2 aromatic carbocycles. The Balaban J connectivity index is 1.78. The van der Waals surface area contributed by atoms with Gasteiger partial charge >= 0.3 is 0 Å². The molecule has 3 nitrogen and oxygen atoms in total. The maximum absolute atomic E-state index is 12.9. The summed E-state index contributed by atoms with van der Waals surface area (Å²) in [6.45, 7) is 1.13. The van der Waals surface area contributed by atoms with Crippen LogP contribution < -0.4 is 14.8 Å². The van der Waals surface area contributed by atoms with Gasteiger partial charge < -0.3 is 14.8 Å². The zero-order chi connectivity index (χ0) is 14.4. The van der Waals surface area contributed by atoms with E-state index in [-0.39, 0.29) is 5.82 Å². The summed E-state index contributed by atoms with van der Waals surface area (Å²) in [6.07, 6.45) is 0. The van der Waals surface area contributed by atoms with Gasteiger partial charge in [-0.2, -0.15) is 0 Å². The fraction of sp³-hybridized carbons (Fsp3) is 0.200. The van der Waals surface area contributed by atoms with Crippen LogP contribution in [-0.2, 0) is 0 Å². The Kier molecular flexibility index (Phi) is 5.24. The molecule has 0 saturated carbocycles. The SMILES string of the molecule is COc1ccc(OCCNc2ccc(F)cc2Br)cc1. The van der Waals surface area contributed by atoms with Gasteiger partial charge in [0.15, 0.2) is 0 Å². The first-order valence-electron chi connectivity index (χ1n) is 6.15. The Hall–Kier alpha value is -1.75. The highest BCUT2D eigenvalue weighted by atomic mass is 79.9. The molecule has 0 atom stereocenters. The van der Waals surface area contributed by atoms with Gasteiger partial charge in [-0.25, -0.2) is 4.39 Å². The number of anilines is 1. The first-order valence-corrected chi connectivity index (χ1v) is 6.94. The van der Waals surface area contributed by atoms with Crippen molar-refractivity contribution in [1.29, 1.82) is 0 Å². The Morgan fingerprint density at radius 2 is 1.80 bits per heavy atom. The van der Waals surface area contributed by atoms with Gasteiger partial charge in [0.1, 0.15) is 23.9 Å². The van der Waals surface area contributed by atoms with Gasteiger partial charge in [-0.3, -0.25) is 0 Å². The van der Waals surface area contributed by atoms with Crippen LogP contribution in [0.5, 0.6) is 11.5 Å². The van der Waals surface area contributed by atoms with Crippen molar-refractivity contribution in [2.75, 3.05) is 25.6 Å². The molecular formula is C15H15BrFNO2. The van der Waals surface area contributed by atoms with E-state index in [2.05, 4.69) is 21.2 Å². The normalized spacial score (nSPS) is 10.2. The topological polar surface area (TPSA) is 30.5 Å². The van der Waals surface area contributed by atoms with E-state index in [0.29, 0.717) is 17.6 Å². The van der Waals surface area contributed by atoms with Crippen molar-refractivity contribution in [2.24, 2.45) is 0 Å². The summed E-state index contributed by atoms with van der Waals surface area (Å²) < 4.78 is 24.3. The zero-order valence-corrected chi connectivity index (χ0v) is 12.6. The molecule has 0 saturated heterocycles. The lowest BCUT2D eigenvalue weighted by Crippen LogP contribution is -2.11. The zero-order valence-electron chi connectivity index (χ0n) is 11.0. The van der Waals surface area contributed by atoms with Crippen LogP contribution in [0.3, 0.4) is 0 Å². The van der Waals surface area contributed by atoms with Crippen molar-refractivity contribution in [1.82, 2.24) is 0 Å². The average Bonchev–Trinajstić information content (AvgIpc) is 2.46. The molecule has 5 heteroatoms. The van der Waals surface area contributed by atoms with Crippen LogP contribution in [0.4, 0.5) is 10.1 Å². The summed E-state index contributed by atoms with van der Waals surface area (Å²) in [6, 6.07) is 11.9. The Labute approximate surface area is 125 Å². The molecule has 2 aromatic rings. The quantitative estimate of drug-likeness (QED) is 0.804. The molecule has 0 aliphatic carbocycles. The van der Waals surface area contributed by atoms with Crippen molar-refractivity contribution >= 4 is 21.6 Å². The van der Waals surface area contributed by atoms with Crippen LogP contribution >= 0.6 is 15.9 Å². The van der Waals surface area contributed by atoms with Crippen LogP contribution in [0.1, 0.15) is 0 Å². The van der Waals surface area contributed by atoms with Crippen molar-refractivity contribution in [2.45, 2.75) is 0 Å². The highest BCUT2D eigenvalue weighted by molar-refractivity contribution is 9.10. The van der Waals surface area contributed by atoms with E-state index in [0.717, 1.165) is 17.2 Å². The van der Waals surface area contributed by atoms with Gasteiger partial charge in [0.25, 0.3) is 0 Å². The second-order valence-electron chi connectivity index (χ2n) is 4.07. The Bertz CT molecular complexity index is 560. The summed E-state index contributed by atoms with van der Waals surface area (Å²) in [5, 5.41) is 3.17. The third kappa shape index (κ3) is 4.13. The number of ether oxygens (including phenoxy) is 2. The molecule has 0 heterocycles. The fourth-order valence-corrected chi connectivity index (χ4v) is 2.15. The van der Waals surface area contributed by atoms with Crippen LogP contribution in [0, 0.1) is 5.82 Å². The highest BCUT2D eigenvalue weighted by Gasteiger charge is 2.01. The maximum atomic E-state index is 12.9. The number of benzene rings is 2. The second-order valence-corrected chi connectivity index (χ2v) is 4.93. The van der Waals surface area contributed by atoms with E-state index >= 15 is 0 Å². The van der Waals surface area contributed by atoms with Crippen LogP contribution in [-0.4, -0.2) is 20.3 Å². The number of nitrogens with one attached hydrogen (secondary N) is 1. The second kappa shape index (κ2) is 7.14. The van der Waals surface area contributed by atoms with Gasteiger partial charge in [0.2, 0.25) is 0 Å². The van der Waals surface area contributed by atoms with Gasteiger partial charge in [-0.1, -0.05) is 0 Å². The van der Waals surface area contributed by atoms with Crippen LogP contribution in [0.15, 0.2) is 46.9 Å². The predicted molar refractivity (Wildman–Crippen MR) is 81.1 cm³/mol. The molecule has 20 heavy (non-hydrogen) atoms. The van der Waals surface area contributed by atoms with E-state index in [1.54, 1.807) is 13.2 Å². The van der Waals surface area contributed by atoms with E-state index in [4.69, 9.17) is 9.47 Å². The summed E-state index contributed by atoms with van der Waals surface area (Å²) in [4.78, 5) is 0. The molecule has 0 spiro atoms. The smallest absolute Gasteiger partial charge is 0.124 e. The summed E-state index contributed by atoms with van der Waals surface area (Å²) in [5.74, 6) is 1.31. The molecule has 0 aliphatic heterocycles. The van der Waals surface area contributed by atoms with Crippen LogP contribution in [0.25, 0.3) is 0 Å². The van der Waals surface area contributed by atoms with Gasteiger partial charge in [0, 0.05) is 16.7 Å². The van der Waals surface area contributed by atoms with E-state index in [1.165, 1.54) is 12.1 Å². The Morgan fingerprint density at radius 3 is 2.45 bits per heavy atom. The van der Waals surface area contributed by atoms with Gasteiger partial charge in [-0.15, -0.1) is 0 Å². The van der Waals surface area contributed by atoms with Crippen molar-refractivity contribution < 1.29 is 13.9 Å². The minimum absolute atomic E-state index is 0.267. The lowest BCUT2D eigenvalue weighted by Gasteiger charge is -2.10. The lowest BCUT2D eigenvalue weighted by atomic mass is 10.3. The highest BCUT2D eigenvalue weighted by Crippen LogP contribution is 2.22. The maximum Gasteiger partial charge on any atom is 0.124 e. The molecule has 1 N–H and O–H groups in total. The van der Waals surface area contributed by atoms with Crippen molar-refractivity contribution in [3.8, 4) is 11.5 Å². The van der Waals surface area contributed by atoms with Crippen molar-refractivity contribution in [3.63, 3.8) is 0 Å². The number of methoxy groups -OCH3 is 1. The van der Waals surface area contributed by atoms with E-state index in [1.807, 2.05) is 24.3 Å². The molecule has 0 radical (unpaired) electrons. The molecule has 0 unspecified atom stereocenters. The minimum Gasteiger partial charge on any atom is -0.497 e.